The predicted octanol–water partition coefficient (Wildman–Crippen LogP) is 4.95. The summed E-state index contributed by atoms with van der Waals surface area (Å²) in [7, 11) is 0. The number of halogens is 3. The first-order valence-electron chi connectivity index (χ1n) is 9.73. The number of alkyl halides is 3. The zero-order chi connectivity index (χ0) is 23.7. The number of aliphatic carboxylic acids is 1. The van der Waals surface area contributed by atoms with Gasteiger partial charge < -0.3 is 24.6 Å². The van der Waals surface area contributed by atoms with Crippen LogP contribution in [0.25, 0.3) is 0 Å². The van der Waals surface area contributed by atoms with Crippen molar-refractivity contribution in [3.05, 3.63) is 65.2 Å². The minimum Gasteiger partial charge on any atom is -0.481 e. The number of ether oxygens (including phenoxy) is 3. The van der Waals surface area contributed by atoms with Crippen molar-refractivity contribution < 1.29 is 42.1 Å². The van der Waals surface area contributed by atoms with E-state index < -0.39 is 24.5 Å². The molecule has 2 aromatic rings. The van der Waals surface area contributed by atoms with E-state index in [1.807, 2.05) is 13.8 Å². The summed E-state index contributed by atoms with van der Waals surface area (Å²) < 4.78 is 51.0. The normalized spacial score (nSPS) is 12.3. The molecule has 10 heteroatoms. The smallest absolute Gasteiger partial charge is 0.481 e. The second kappa shape index (κ2) is 11.4. The Morgan fingerprint density at radius 2 is 1.75 bits per heavy atom. The van der Waals surface area contributed by atoms with Crippen LogP contribution in [0.2, 0.25) is 0 Å². The monoisotopic (exact) mass is 455 g/mol. The molecule has 2 aromatic carbocycles. The van der Waals surface area contributed by atoms with Crippen molar-refractivity contribution in [2.24, 2.45) is 0 Å². The summed E-state index contributed by atoms with van der Waals surface area (Å²) in [5, 5.41) is 11.7. The lowest BCUT2D eigenvalue weighted by atomic mass is 10.0. The summed E-state index contributed by atoms with van der Waals surface area (Å²) in [5.41, 5.74) is 1.88. The standard InChI is InChI=1S/C22H24F3NO6/c1-14(2)31-19(11-20(27)28)17-5-3-4-16(10-17)12-26-21(29)30-13-15-6-8-18(9-7-15)32-22(23,24)25/h3-10,14,19H,11-13H2,1-2H3,(H,26,29)(H,27,28)/t19-/m0/s1. The second-order valence-electron chi connectivity index (χ2n) is 7.14. The van der Waals surface area contributed by atoms with Crippen LogP contribution in [0.4, 0.5) is 18.0 Å². The minimum atomic E-state index is -4.77. The highest BCUT2D eigenvalue weighted by Gasteiger charge is 2.30. The molecule has 0 spiro atoms. The Morgan fingerprint density at radius 1 is 1.06 bits per heavy atom. The van der Waals surface area contributed by atoms with Crippen LogP contribution in [0.5, 0.6) is 5.75 Å². The van der Waals surface area contributed by atoms with Crippen molar-refractivity contribution in [1.82, 2.24) is 5.32 Å². The predicted molar refractivity (Wildman–Crippen MR) is 108 cm³/mol. The summed E-state index contributed by atoms with van der Waals surface area (Å²) in [6, 6.07) is 12.0. The number of hydrogen-bond acceptors (Lipinski definition) is 5. The van der Waals surface area contributed by atoms with Gasteiger partial charge in [0.15, 0.2) is 0 Å². The third kappa shape index (κ3) is 9.25. The number of carboxylic acids is 1. The molecule has 7 nitrogen and oxygen atoms in total. The summed E-state index contributed by atoms with van der Waals surface area (Å²) in [6.07, 6.45) is -6.46. The highest BCUT2D eigenvalue weighted by atomic mass is 19.4. The van der Waals surface area contributed by atoms with Crippen LogP contribution in [-0.4, -0.2) is 29.6 Å². The van der Waals surface area contributed by atoms with Gasteiger partial charge in [-0.2, -0.15) is 0 Å². The molecule has 1 amide bonds. The van der Waals surface area contributed by atoms with Gasteiger partial charge in [0.1, 0.15) is 12.4 Å². The molecule has 0 unspecified atom stereocenters. The van der Waals surface area contributed by atoms with Crippen molar-refractivity contribution in [2.45, 2.75) is 52.0 Å². The third-order valence-electron chi connectivity index (χ3n) is 4.08. The first-order chi connectivity index (χ1) is 15.0. The average molecular weight is 455 g/mol. The number of hydrogen-bond donors (Lipinski definition) is 2. The molecule has 1 atom stereocenters. The maximum absolute atomic E-state index is 12.2. The Balaban J connectivity index is 1.87. The van der Waals surface area contributed by atoms with Gasteiger partial charge in [-0.3, -0.25) is 4.79 Å². The van der Waals surface area contributed by atoms with Crippen molar-refractivity contribution in [2.75, 3.05) is 0 Å². The van der Waals surface area contributed by atoms with Crippen molar-refractivity contribution in [1.29, 1.82) is 0 Å². The Morgan fingerprint density at radius 3 is 2.34 bits per heavy atom. The summed E-state index contributed by atoms with van der Waals surface area (Å²) in [4.78, 5) is 23.1. The molecule has 0 aromatic heterocycles. The quantitative estimate of drug-likeness (QED) is 0.526. The van der Waals surface area contributed by atoms with Gasteiger partial charge in [-0.1, -0.05) is 36.4 Å². The van der Waals surface area contributed by atoms with E-state index in [0.29, 0.717) is 11.1 Å². The number of benzene rings is 2. The molecule has 2 N–H and O–H groups in total. The minimum absolute atomic E-state index is 0.131. The van der Waals surface area contributed by atoms with Crippen molar-refractivity contribution in [3.8, 4) is 5.75 Å². The van der Waals surface area contributed by atoms with Crippen molar-refractivity contribution >= 4 is 12.1 Å². The first kappa shape index (κ1) is 25.0. The van der Waals surface area contributed by atoms with Crippen molar-refractivity contribution in [3.63, 3.8) is 0 Å². The van der Waals surface area contributed by atoms with Gasteiger partial charge in [-0.25, -0.2) is 4.79 Å². The molecule has 0 aliphatic rings. The number of carbonyl (C=O) groups excluding carboxylic acids is 1. The molecule has 0 fully saturated rings. The van der Waals surface area contributed by atoms with Crippen LogP contribution < -0.4 is 10.1 Å². The average Bonchev–Trinajstić information content (AvgIpc) is 2.69. The molecule has 0 radical (unpaired) electrons. The SMILES string of the molecule is CC(C)O[C@@H](CC(=O)O)c1cccc(CNC(=O)OCc2ccc(OC(F)(F)F)cc2)c1. The second-order valence-corrected chi connectivity index (χ2v) is 7.14. The van der Waals surface area contributed by atoms with Gasteiger partial charge in [-0.15, -0.1) is 13.2 Å². The molecular formula is C22H24F3NO6. The molecule has 0 bridgehead atoms. The number of carbonyl (C=O) groups is 2. The van der Waals surface area contributed by atoms with Crippen LogP contribution in [0.15, 0.2) is 48.5 Å². The molecule has 0 heterocycles. The molecule has 0 aliphatic carbocycles. The maximum atomic E-state index is 12.2. The Labute approximate surface area is 183 Å². The van der Waals surface area contributed by atoms with Crippen LogP contribution in [-0.2, 0) is 27.4 Å². The van der Waals surface area contributed by atoms with E-state index in [4.69, 9.17) is 14.6 Å². The summed E-state index contributed by atoms with van der Waals surface area (Å²) in [5.74, 6) is -1.35. The highest BCUT2D eigenvalue weighted by Crippen LogP contribution is 2.24. The fourth-order valence-electron chi connectivity index (χ4n) is 2.80. The van der Waals surface area contributed by atoms with Gasteiger partial charge in [0.05, 0.1) is 18.6 Å². The van der Waals surface area contributed by atoms with E-state index in [2.05, 4.69) is 10.1 Å². The Bertz CT molecular complexity index is 899. The zero-order valence-electron chi connectivity index (χ0n) is 17.5. The third-order valence-corrected chi connectivity index (χ3v) is 4.08. The van der Waals surface area contributed by atoms with Crippen LogP contribution in [0, 0.1) is 0 Å². The van der Waals surface area contributed by atoms with Gasteiger partial charge in [0.2, 0.25) is 0 Å². The van der Waals surface area contributed by atoms with E-state index in [0.717, 1.165) is 17.7 Å². The number of amides is 1. The van der Waals surface area contributed by atoms with Gasteiger partial charge in [0.25, 0.3) is 0 Å². The molecule has 174 valence electrons. The van der Waals surface area contributed by atoms with Gasteiger partial charge in [-0.05, 0) is 42.7 Å². The summed E-state index contributed by atoms with van der Waals surface area (Å²) in [6.45, 7) is 3.62. The lowest BCUT2D eigenvalue weighted by Gasteiger charge is -2.20. The number of carboxylic acid groups (broad SMARTS) is 1. The largest absolute Gasteiger partial charge is 0.573 e. The molecule has 0 saturated heterocycles. The molecule has 0 saturated carbocycles. The molecule has 32 heavy (non-hydrogen) atoms. The van der Waals surface area contributed by atoms with Gasteiger partial charge in [0, 0.05) is 6.54 Å². The Kier molecular flexibility index (Phi) is 8.89. The fraction of sp³-hybridized carbons (Fsp3) is 0.364. The van der Waals surface area contributed by atoms with E-state index in [1.54, 1.807) is 24.3 Å². The number of alkyl carbamates (subject to hydrolysis) is 1. The summed E-state index contributed by atoms with van der Waals surface area (Å²) >= 11 is 0. The molecule has 0 aliphatic heterocycles. The highest BCUT2D eigenvalue weighted by molar-refractivity contribution is 5.68. The van der Waals surface area contributed by atoms with E-state index in [-0.39, 0.29) is 31.4 Å². The van der Waals surface area contributed by atoms with Crippen LogP contribution in [0.1, 0.15) is 43.1 Å². The van der Waals surface area contributed by atoms with E-state index in [9.17, 15) is 22.8 Å². The van der Waals surface area contributed by atoms with Crippen LogP contribution in [0.3, 0.4) is 0 Å². The Hall–Kier alpha value is -3.27. The lowest BCUT2D eigenvalue weighted by Crippen LogP contribution is -2.23. The molecular weight excluding hydrogens is 431 g/mol. The van der Waals surface area contributed by atoms with Crippen LogP contribution >= 0.6 is 0 Å². The van der Waals surface area contributed by atoms with Gasteiger partial charge >= 0.3 is 18.4 Å². The lowest BCUT2D eigenvalue weighted by molar-refractivity contribution is -0.274. The first-order valence-corrected chi connectivity index (χ1v) is 9.73. The van der Waals surface area contributed by atoms with E-state index >= 15 is 0 Å². The number of rotatable bonds is 10. The number of nitrogens with one attached hydrogen (secondary N) is 1. The fourth-order valence-corrected chi connectivity index (χ4v) is 2.80. The molecule has 2 rings (SSSR count). The van der Waals surface area contributed by atoms with E-state index in [1.165, 1.54) is 12.1 Å². The topological polar surface area (TPSA) is 94.1 Å². The zero-order valence-corrected chi connectivity index (χ0v) is 17.5. The maximum Gasteiger partial charge on any atom is 0.573 e.